The Morgan fingerprint density at radius 2 is 1.81 bits per heavy atom. The second-order valence-electron chi connectivity index (χ2n) is 4.74. The molecule has 0 nitrogen and oxygen atoms in total. The van der Waals surface area contributed by atoms with Crippen molar-refractivity contribution in [3.05, 3.63) is 35.4 Å². The van der Waals surface area contributed by atoms with Gasteiger partial charge in [0, 0.05) is 0 Å². The van der Waals surface area contributed by atoms with E-state index in [2.05, 4.69) is 45.0 Å². The summed E-state index contributed by atoms with van der Waals surface area (Å²) in [5.41, 5.74) is 3.00. The third-order valence-corrected chi connectivity index (χ3v) is 5.60. The molecule has 1 aromatic carbocycles. The molecule has 0 saturated carbocycles. The van der Waals surface area contributed by atoms with Crippen molar-refractivity contribution in [2.45, 2.75) is 56.4 Å². The summed E-state index contributed by atoms with van der Waals surface area (Å²) >= 11 is 0.620. The fourth-order valence-electron chi connectivity index (χ4n) is 1.84. The van der Waals surface area contributed by atoms with Gasteiger partial charge in [-0.25, -0.2) is 0 Å². The molecule has 0 bridgehead atoms. The van der Waals surface area contributed by atoms with Crippen molar-refractivity contribution in [2.24, 2.45) is 0 Å². The van der Waals surface area contributed by atoms with Gasteiger partial charge in [0.1, 0.15) is 0 Å². The second-order valence-corrected chi connectivity index (χ2v) is 8.61. The maximum absolute atomic E-state index is 2.35. The van der Waals surface area contributed by atoms with Crippen LogP contribution in [0.1, 0.15) is 44.2 Å². The molecule has 1 aromatic rings. The molecule has 0 fully saturated rings. The minimum absolute atomic E-state index is 0.620. The molecule has 1 heteroatoms. The van der Waals surface area contributed by atoms with E-state index in [0.717, 1.165) is 4.71 Å². The van der Waals surface area contributed by atoms with Crippen LogP contribution >= 0.6 is 0 Å². The Morgan fingerprint density at radius 1 is 1.06 bits per heavy atom. The molecule has 0 N–H and O–H groups in total. The van der Waals surface area contributed by atoms with E-state index in [9.17, 15) is 0 Å². The number of unbranched alkanes of at least 4 members (excludes halogenated alkanes) is 2. The molecule has 0 heterocycles. The number of benzene rings is 1. The third-order valence-electron chi connectivity index (χ3n) is 2.86. The first kappa shape index (κ1) is 13.8. The van der Waals surface area contributed by atoms with Crippen LogP contribution in [0.3, 0.4) is 0 Å². The minimum atomic E-state index is 0.620. The zero-order chi connectivity index (χ0) is 11.8. The molecule has 0 unspecified atom stereocenters. The fraction of sp³-hybridized carbons (Fsp3) is 0.600. The number of aryl methyl sites for hydroxylation is 2. The standard InChI is InChI=1S/C15H24As/c1-13(2)16-12-8-4-5-10-15-11-7-6-9-14(15)3/h6-7,9,11,13H,4-5,8,10,12H2,1-3H3. The molecule has 16 heavy (non-hydrogen) atoms. The first-order valence-electron chi connectivity index (χ1n) is 6.41. The van der Waals surface area contributed by atoms with Crippen LogP contribution in [0, 0.1) is 6.92 Å². The van der Waals surface area contributed by atoms with Gasteiger partial charge in [0.15, 0.2) is 0 Å². The van der Waals surface area contributed by atoms with E-state index in [0.29, 0.717) is 15.8 Å². The third kappa shape index (κ3) is 5.75. The van der Waals surface area contributed by atoms with E-state index >= 15 is 0 Å². The Kier molecular flexibility index (Phi) is 6.88. The monoisotopic (exact) mass is 279 g/mol. The quantitative estimate of drug-likeness (QED) is 0.503. The Morgan fingerprint density at radius 3 is 2.50 bits per heavy atom. The molecule has 0 aromatic heterocycles. The van der Waals surface area contributed by atoms with Crippen LogP contribution in [0.25, 0.3) is 0 Å². The predicted octanol–water partition coefficient (Wildman–Crippen LogP) is 4.66. The van der Waals surface area contributed by atoms with E-state index in [1.807, 2.05) is 0 Å². The van der Waals surface area contributed by atoms with Crippen molar-refractivity contribution in [1.29, 1.82) is 0 Å². The van der Waals surface area contributed by atoms with Crippen LogP contribution in [0.2, 0.25) is 9.91 Å². The normalized spacial score (nSPS) is 11.8. The van der Waals surface area contributed by atoms with Gasteiger partial charge in [0.05, 0.1) is 0 Å². The number of hydrogen-bond donors (Lipinski definition) is 0. The van der Waals surface area contributed by atoms with Crippen LogP contribution in [-0.4, -0.2) is 15.8 Å². The van der Waals surface area contributed by atoms with Gasteiger partial charge in [-0.3, -0.25) is 0 Å². The molecule has 0 saturated heterocycles. The maximum atomic E-state index is 2.35. The van der Waals surface area contributed by atoms with Gasteiger partial charge in [0.2, 0.25) is 0 Å². The SMILES string of the molecule is Cc1ccccc1CCCCC[As]C(C)C. The van der Waals surface area contributed by atoms with Gasteiger partial charge < -0.3 is 0 Å². The molecule has 89 valence electrons. The molecule has 0 atom stereocenters. The van der Waals surface area contributed by atoms with E-state index in [4.69, 9.17) is 0 Å². The Hall–Kier alpha value is -0.222. The van der Waals surface area contributed by atoms with Crippen LogP contribution in [0.5, 0.6) is 0 Å². The average molecular weight is 279 g/mol. The van der Waals surface area contributed by atoms with Gasteiger partial charge in [-0.2, -0.15) is 0 Å². The predicted molar refractivity (Wildman–Crippen MR) is 74.4 cm³/mol. The summed E-state index contributed by atoms with van der Waals surface area (Å²) in [6.45, 7) is 6.93. The van der Waals surface area contributed by atoms with E-state index < -0.39 is 0 Å². The van der Waals surface area contributed by atoms with Crippen molar-refractivity contribution in [2.75, 3.05) is 0 Å². The zero-order valence-electron chi connectivity index (χ0n) is 10.9. The molecule has 0 spiro atoms. The van der Waals surface area contributed by atoms with Gasteiger partial charge >= 0.3 is 108 Å². The zero-order valence-corrected chi connectivity index (χ0v) is 12.7. The molecular formula is C15H24As. The first-order chi connectivity index (χ1) is 7.70. The summed E-state index contributed by atoms with van der Waals surface area (Å²) in [6.07, 6.45) is 5.50. The number of rotatable bonds is 7. The topological polar surface area (TPSA) is 0 Å². The Labute approximate surface area is 108 Å². The Bertz CT molecular complexity index is 291. The van der Waals surface area contributed by atoms with Crippen LogP contribution in [0.15, 0.2) is 24.3 Å². The summed E-state index contributed by atoms with van der Waals surface area (Å²) in [4.78, 5) is 0. The summed E-state index contributed by atoms with van der Waals surface area (Å²) in [6, 6.07) is 8.78. The van der Waals surface area contributed by atoms with E-state index in [1.54, 1.807) is 5.56 Å². The molecule has 0 aliphatic rings. The van der Waals surface area contributed by atoms with Gasteiger partial charge in [0.25, 0.3) is 0 Å². The van der Waals surface area contributed by atoms with Crippen LogP contribution < -0.4 is 0 Å². The fourth-order valence-corrected chi connectivity index (χ4v) is 3.78. The van der Waals surface area contributed by atoms with Crippen molar-refractivity contribution in [3.63, 3.8) is 0 Å². The summed E-state index contributed by atoms with van der Waals surface area (Å²) < 4.78 is 0.965. The Balaban J connectivity index is 2.10. The van der Waals surface area contributed by atoms with Gasteiger partial charge in [-0.05, 0) is 0 Å². The van der Waals surface area contributed by atoms with Crippen LogP contribution in [-0.2, 0) is 6.42 Å². The van der Waals surface area contributed by atoms with Crippen molar-refractivity contribution < 1.29 is 0 Å². The van der Waals surface area contributed by atoms with E-state index in [-0.39, 0.29) is 0 Å². The first-order valence-corrected chi connectivity index (χ1v) is 8.82. The molecular weight excluding hydrogens is 255 g/mol. The summed E-state index contributed by atoms with van der Waals surface area (Å²) in [5, 5.41) is 1.50. The second kappa shape index (κ2) is 7.96. The van der Waals surface area contributed by atoms with E-state index in [1.165, 1.54) is 36.5 Å². The molecule has 0 amide bonds. The van der Waals surface area contributed by atoms with Crippen molar-refractivity contribution >= 4 is 15.8 Å². The average Bonchev–Trinajstić information content (AvgIpc) is 2.25. The van der Waals surface area contributed by atoms with Crippen molar-refractivity contribution in [3.8, 4) is 0 Å². The molecule has 1 rings (SSSR count). The molecule has 1 radical (unpaired) electrons. The van der Waals surface area contributed by atoms with Gasteiger partial charge in [-0.1, -0.05) is 0 Å². The van der Waals surface area contributed by atoms with Crippen molar-refractivity contribution in [1.82, 2.24) is 0 Å². The molecule has 0 aliphatic heterocycles. The number of hydrogen-bond acceptors (Lipinski definition) is 0. The van der Waals surface area contributed by atoms with Crippen LogP contribution in [0.4, 0.5) is 0 Å². The summed E-state index contributed by atoms with van der Waals surface area (Å²) in [5.74, 6) is 0. The van der Waals surface area contributed by atoms with Gasteiger partial charge in [-0.15, -0.1) is 0 Å². The molecule has 0 aliphatic carbocycles. The summed E-state index contributed by atoms with van der Waals surface area (Å²) in [7, 11) is 0.